The van der Waals surface area contributed by atoms with Crippen LogP contribution in [0.15, 0.2) is 48.5 Å². The molecule has 0 saturated heterocycles. The highest BCUT2D eigenvalue weighted by Gasteiger charge is 2.20. The van der Waals surface area contributed by atoms with Crippen LogP contribution < -0.4 is 0 Å². The highest BCUT2D eigenvalue weighted by atomic mass is 35.5. The van der Waals surface area contributed by atoms with Gasteiger partial charge in [0.2, 0.25) is 0 Å². The summed E-state index contributed by atoms with van der Waals surface area (Å²) >= 11 is 12.3. The summed E-state index contributed by atoms with van der Waals surface area (Å²) in [6.07, 6.45) is 11.2. The van der Waals surface area contributed by atoms with Crippen LogP contribution in [0.5, 0.6) is 11.5 Å². The summed E-state index contributed by atoms with van der Waals surface area (Å²) in [7, 11) is 0. The zero-order chi connectivity index (χ0) is 27.2. The minimum Gasteiger partial charge on any atom is -0.507 e. The first kappa shape index (κ1) is 27.9. The van der Waals surface area contributed by atoms with Gasteiger partial charge in [-0.25, -0.2) is 0 Å². The summed E-state index contributed by atoms with van der Waals surface area (Å²) < 4.78 is 0. The molecule has 4 N–H and O–H groups in total. The molecule has 0 aliphatic heterocycles. The largest absolute Gasteiger partial charge is 0.507 e. The summed E-state index contributed by atoms with van der Waals surface area (Å²) in [5.74, 6) is 3.37. The molecule has 0 unspecified atom stereocenters. The van der Waals surface area contributed by atoms with Gasteiger partial charge in [-0.3, -0.25) is 9.59 Å². The monoisotopic (exact) mass is 522 g/mol. The number of aromatic hydroxyl groups is 2. The van der Waals surface area contributed by atoms with E-state index in [-0.39, 0.29) is 11.5 Å². The van der Waals surface area contributed by atoms with Crippen LogP contribution in [0, 0.1) is 24.7 Å². The Morgan fingerprint density at radius 3 is 1.25 bits per heavy atom. The lowest BCUT2D eigenvalue weighted by Crippen LogP contribution is -1.91. The predicted octanol–water partition coefficient (Wildman–Crippen LogP) is 6.52. The first-order valence-electron chi connectivity index (χ1n) is 10.1. The number of carbonyl (C=O) groups is 2. The molecule has 0 heterocycles. The number of halogens is 2. The van der Waals surface area contributed by atoms with Gasteiger partial charge in [-0.15, -0.1) is 12.8 Å². The van der Waals surface area contributed by atoms with Crippen molar-refractivity contribution in [2.24, 2.45) is 0 Å². The van der Waals surface area contributed by atoms with E-state index in [9.17, 15) is 10.2 Å². The summed E-state index contributed by atoms with van der Waals surface area (Å²) in [5.41, 5.74) is 1.90. The Morgan fingerprint density at radius 1 is 0.667 bits per heavy atom. The zero-order valence-electron chi connectivity index (χ0n) is 19.1. The van der Waals surface area contributed by atoms with Crippen molar-refractivity contribution in [2.75, 3.05) is 0 Å². The predicted molar refractivity (Wildman–Crippen MR) is 143 cm³/mol. The van der Waals surface area contributed by atoms with Gasteiger partial charge in [0.1, 0.15) is 11.5 Å². The fourth-order valence-electron chi connectivity index (χ4n) is 3.53. The third-order valence-corrected chi connectivity index (χ3v) is 5.19. The minimum absolute atomic E-state index is 0.0530. The Hall–Kier alpha value is -4.36. The number of rotatable bonds is 1. The number of phenols is 2. The zero-order valence-corrected chi connectivity index (χ0v) is 20.6. The fourth-order valence-corrected chi connectivity index (χ4v) is 3.87. The molecule has 0 aliphatic carbocycles. The maximum absolute atomic E-state index is 10.8. The van der Waals surface area contributed by atoms with Crippen molar-refractivity contribution < 1.29 is 30.0 Å². The second-order valence-corrected chi connectivity index (χ2v) is 8.22. The van der Waals surface area contributed by atoms with Crippen LogP contribution in [0.2, 0.25) is 10.0 Å². The van der Waals surface area contributed by atoms with Gasteiger partial charge in [-0.2, -0.15) is 0 Å². The van der Waals surface area contributed by atoms with E-state index in [1.807, 2.05) is 0 Å². The molecular formula is C28H20Cl2O6. The molecule has 0 amide bonds. The first-order chi connectivity index (χ1) is 16.9. The van der Waals surface area contributed by atoms with Crippen molar-refractivity contribution in [3.8, 4) is 47.3 Å². The van der Waals surface area contributed by atoms with E-state index >= 15 is 0 Å². The number of carboxylic acids is 2. The highest BCUT2D eigenvalue weighted by Crippen LogP contribution is 2.47. The van der Waals surface area contributed by atoms with E-state index in [1.54, 1.807) is 36.4 Å². The van der Waals surface area contributed by atoms with Gasteiger partial charge in [0.05, 0.1) is 0 Å². The minimum atomic E-state index is -0.833. The number of hydrogen-bond acceptors (Lipinski definition) is 4. The average Bonchev–Trinajstić information content (AvgIpc) is 2.78. The van der Waals surface area contributed by atoms with Crippen molar-refractivity contribution in [3.05, 3.63) is 69.7 Å². The normalized spacial score (nSPS) is 9.72. The third kappa shape index (κ3) is 6.40. The summed E-state index contributed by atoms with van der Waals surface area (Å²) in [6, 6.07) is 13.4. The van der Waals surface area contributed by atoms with E-state index < -0.39 is 11.9 Å². The van der Waals surface area contributed by atoms with Crippen LogP contribution in [0.25, 0.3) is 32.7 Å². The van der Waals surface area contributed by atoms with Crippen LogP contribution in [0.1, 0.15) is 25.0 Å². The van der Waals surface area contributed by atoms with Crippen molar-refractivity contribution in [1.82, 2.24) is 0 Å². The molecule has 36 heavy (non-hydrogen) atoms. The molecule has 6 nitrogen and oxygen atoms in total. The molecule has 0 radical (unpaired) electrons. The Labute approximate surface area is 217 Å². The molecule has 182 valence electrons. The maximum Gasteiger partial charge on any atom is 0.300 e. The number of aliphatic carboxylic acids is 2. The number of phenolic OH excluding ortho intramolecular Hbond substituents is 2. The second kappa shape index (κ2) is 11.9. The third-order valence-electron chi connectivity index (χ3n) is 4.72. The lowest BCUT2D eigenvalue weighted by atomic mass is 9.89. The maximum atomic E-state index is 10.8. The van der Waals surface area contributed by atoms with Crippen molar-refractivity contribution in [1.29, 1.82) is 0 Å². The molecule has 0 saturated carbocycles. The van der Waals surface area contributed by atoms with E-state index in [0.717, 1.165) is 13.8 Å². The van der Waals surface area contributed by atoms with Crippen LogP contribution in [-0.2, 0) is 9.59 Å². The van der Waals surface area contributed by atoms with E-state index in [1.165, 1.54) is 12.1 Å². The van der Waals surface area contributed by atoms with Crippen LogP contribution in [0.3, 0.4) is 0 Å². The molecule has 8 heteroatoms. The van der Waals surface area contributed by atoms with Gasteiger partial charge >= 0.3 is 0 Å². The Bertz CT molecular complexity index is 1450. The van der Waals surface area contributed by atoms with Crippen LogP contribution in [0.4, 0.5) is 0 Å². The molecule has 0 atom stereocenters. The lowest BCUT2D eigenvalue weighted by Gasteiger charge is -2.16. The lowest BCUT2D eigenvalue weighted by molar-refractivity contribution is -0.135. The summed E-state index contributed by atoms with van der Waals surface area (Å²) in [4.78, 5) is 18.0. The van der Waals surface area contributed by atoms with Gasteiger partial charge in [-0.1, -0.05) is 47.2 Å². The molecule has 0 fully saturated rings. The number of benzene rings is 4. The van der Waals surface area contributed by atoms with Gasteiger partial charge in [-0.05, 0) is 57.9 Å². The topological polar surface area (TPSA) is 115 Å². The molecule has 4 aromatic carbocycles. The van der Waals surface area contributed by atoms with Crippen LogP contribution in [-0.4, -0.2) is 32.4 Å². The summed E-state index contributed by atoms with van der Waals surface area (Å²) in [6.45, 7) is 2.17. The van der Waals surface area contributed by atoms with E-state index in [0.29, 0.717) is 53.8 Å². The summed E-state index contributed by atoms with van der Waals surface area (Å²) in [5, 5.41) is 40.2. The molecule has 0 spiro atoms. The quantitative estimate of drug-likeness (QED) is 0.211. The van der Waals surface area contributed by atoms with Gasteiger partial charge in [0.25, 0.3) is 11.9 Å². The molecule has 0 aromatic heterocycles. The first-order valence-corrected chi connectivity index (χ1v) is 10.9. The number of hydrogen-bond donors (Lipinski definition) is 4. The van der Waals surface area contributed by atoms with Gasteiger partial charge in [0.15, 0.2) is 0 Å². The average molecular weight is 523 g/mol. The van der Waals surface area contributed by atoms with Crippen molar-refractivity contribution in [2.45, 2.75) is 13.8 Å². The molecule has 0 aliphatic rings. The second-order valence-electron chi connectivity index (χ2n) is 7.34. The van der Waals surface area contributed by atoms with E-state index in [4.69, 9.17) is 55.9 Å². The standard InChI is InChI=1S/C24H12Cl2O2.2C2H4O2/c1-3-13-9-21(27)23(17-7-5-15(25)11-19(13)17)24-18-8-6-16(26)12-20(18)14(4-2)10-22(24)28;2*1-2(3)4/h1-2,5-12,27-28H;2*1H3,(H,3,4). The highest BCUT2D eigenvalue weighted by molar-refractivity contribution is 6.32. The van der Waals surface area contributed by atoms with E-state index in [2.05, 4.69) is 11.8 Å². The van der Waals surface area contributed by atoms with Gasteiger partial charge < -0.3 is 20.4 Å². The smallest absolute Gasteiger partial charge is 0.300 e. The Balaban J connectivity index is 0.000000501. The Morgan fingerprint density at radius 2 is 0.972 bits per heavy atom. The Kier molecular flexibility index (Phi) is 9.19. The molecular weight excluding hydrogens is 503 g/mol. The molecule has 4 aromatic rings. The fraction of sp³-hybridized carbons (Fsp3) is 0.0714. The van der Waals surface area contributed by atoms with Gasteiger partial charge in [0, 0.05) is 46.1 Å². The number of terminal acetylenes is 2. The van der Waals surface area contributed by atoms with Crippen molar-refractivity contribution >= 4 is 56.7 Å². The van der Waals surface area contributed by atoms with Crippen molar-refractivity contribution in [3.63, 3.8) is 0 Å². The molecule has 4 rings (SSSR count). The SMILES string of the molecule is C#Cc1cc(O)c(-c2c(O)cc(C#C)c3cc(Cl)ccc23)c2ccc(Cl)cc12.CC(=O)O.CC(=O)O. The van der Waals surface area contributed by atoms with Crippen LogP contribution >= 0.6 is 23.2 Å². The number of fused-ring (bicyclic) bond motifs is 2. The molecule has 0 bridgehead atoms. The number of carboxylic acid groups (broad SMARTS) is 2.